The fraction of sp³-hybridized carbons (Fsp3) is 0.364. The molecule has 0 aliphatic heterocycles. The molecular weight excluding hydrogens is 194 g/mol. The number of ketones is 1. The van der Waals surface area contributed by atoms with Gasteiger partial charge < -0.3 is 15.5 Å². The number of rotatable bonds is 6. The Morgan fingerprint density at radius 1 is 1.20 bits per heavy atom. The van der Waals surface area contributed by atoms with Crippen molar-refractivity contribution in [3.63, 3.8) is 0 Å². The van der Waals surface area contributed by atoms with Crippen LogP contribution in [0.25, 0.3) is 0 Å². The number of nitrogens with one attached hydrogen (secondary N) is 1. The van der Waals surface area contributed by atoms with E-state index in [1.807, 2.05) is 6.07 Å². The maximum atomic E-state index is 11.6. The molecule has 82 valence electrons. The summed E-state index contributed by atoms with van der Waals surface area (Å²) in [5, 5.41) is 20.3. The molecule has 0 bridgehead atoms. The maximum Gasteiger partial charge on any atom is 0.176 e. The van der Waals surface area contributed by atoms with Gasteiger partial charge in [0, 0.05) is 5.56 Å². The van der Waals surface area contributed by atoms with E-state index in [2.05, 4.69) is 5.32 Å². The Hall–Kier alpha value is -1.23. The first-order valence-electron chi connectivity index (χ1n) is 4.81. The minimum absolute atomic E-state index is 0.0532. The first kappa shape index (κ1) is 11.8. The van der Waals surface area contributed by atoms with Crippen LogP contribution in [0.3, 0.4) is 0 Å². The van der Waals surface area contributed by atoms with Crippen LogP contribution in [0.1, 0.15) is 10.4 Å². The van der Waals surface area contributed by atoms with Crippen molar-refractivity contribution in [2.75, 3.05) is 19.8 Å². The highest BCUT2D eigenvalue weighted by Crippen LogP contribution is 1.98. The number of Topliss-reactive ketones (excluding diaryl/α,β-unsaturated/α-hetero) is 1. The molecule has 1 aromatic rings. The van der Waals surface area contributed by atoms with Crippen LogP contribution in [0.5, 0.6) is 0 Å². The van der Waals surface area contributed by atoms with Gasteiger partial charge in [-0.2, -0.15) is 0 Å². The second-order valence-electron chi connectivity index (χ2n) is 3.23. The van der Waals surface area contributed by atoms with Gasteiger partial charge in [-0.25, -0.2) is 0 Å². The van der Waals surface area contributed by atoms with E-state index in [0.717, 1.165) is 0 Å². The largest absolute Gasteiger partial charge is 0.395 e. The fourth-order valence-electron chi connectivity index (χ4n) is 1.15. The van der Waals surface area contributed by atoms with Crippen LogP contribution in [0.2, 0.25) is 0 Å². The van der Waals surface area contributed by atoms with Crippen LogP contribution in [0, 0.1) is 0 Å². The van der Waals surface area contributed by atoms with Crippen molar-refractivity contribution in [2.45, 2.75) is 6.04 Å². The Bertz CT molecular complexity index is 296. The zero-order valence-corrected chi connectivity index (χ0v) is 8.39. The molecule has 0 aliphatic carbocycles. The molecule has 0 unspecified atom stereocenters. The summed E-state index contributed by atoms with van der Waals surface area (Å²) in [4.78, 5) is 11.6. The molecule has 4 heteroatoms. The van der Waals surface area contributed by atoms with Crippen molar-refractivity contribution >= 4 is 5.78 Å². The number of hydrogen-bond donors (Lipinski definition) is 3. The molecule has 1 aromatic carbocycles. The van der Waals surface area contributed by atoms with Gasteiger partial charge in [0.25, 0.3) is 0 Å². The molecule has 0 amide bonds. The SMILES string of the molecule is O=C(CNC(CO)CO)c1ccccc1. The van der Waals surface area contributed by atoms with E-state index in [-0.39, 0.29) is 25.5 Å². The molecule has 15 heavy (non-hydrogen) atoms. The Balaban J connectivity index is 2.43. The summed E-state index contributed by atoms with van der Waals surface area (Å²) in [5.74, 6) is -0.0532. The van der Waals surface area contributed by atoms with Gasteiger partial charge in [0.2, 0.25) is 0 Å². The summed E-state index contributed by atoms with van der Waals surface area (Å²) in [6.07, 6.45) is 0. The standard InChI is InChI=1S/C11H15NO3/c13-7-10(8-14)12-6-11(15)9-4-2-1-3-5-9/h1-5,10,12-14H,6-8H2. The predicted octanol–water partition coefficient (Wildman–Crippen LogP) is -0.188. The summed E-state index contributed by atoms with van der Waals surface area (Å²) in [7, 11) is 0. The summed E-state index contributed by atoms with van der Waals surface area (Å²) in [6, 6.07) is 8.46. The minimum atomic E-state index is -0.433. The molecule has 0 aliphatic rings. The fourth-order valence-corrected chi connectivity index (χ4v) is 1.15. The number of carbonyl (C=O) groups excluding carboxylic acids is 1. The average molecular weight is 209 g/mol. The number of aliphatic hydroxyl groups is 2. The second kappa shape index (κ2) is 6.29. The highest BCUT2D eigenvalue weighted by atomic mass is 16.3. The van der Waals surface area contributed by atoms with Crippen LogP contribution < -0.4 is 5.32 Å². The number of benzene rings is 1. The van der Waals surface area contributed by atoms with Gasteiger partial charge >= 0.3 is 0 Å². The molecule has 0 atom stereocenters. The third-order valence-electron chi connectivity index (χ3n) is 2.09. The second-order valence-corrected chi connectivity index (χ2v) is 3.23. The Kier molecular flexibility index (Phi) is 4.97. The summed E-state index contributed by atoms with van der Waals surface area (Å²) in [5.41, 5.74) is 0.625. The lowest BCUT2D eigenvalue weighted by atomic mass is 10.1. The van der Waals surface area contributed by atoms with Gasteiger partial charge in [-0.1, -0.05) is 30.3 Å². The highest BCUT2D eigenvalue weighted by Gasteiger charge is 2.09. The third kappa shape index (κ3) is 3.79. The van der Waals surface area contributed by atoms with Crippen molar-refractivity contribution in [3.8, 4) is 0 Å². The van der Waals surface area contributed by atoms with E-state index in [1.165, 1.54) is 0 Å². The van der Waals surface area contributed by atoms with E-state index in [1.54, 1.807) is 24.3 Å². The third-order valence-corrected chi connectivity index (χ3v) is 2.09. The van der Waals surface area contributed by atoms with Gasteiger partial charge in [0.15, 0.2) is 5.78 Å². The molecule has 0 saturated heterocycles. The van der Waals surface area contributed by atoms with E-state index < -0.39 is 6.04 Å². The lowest BCUT2D eigenvalue weighted by molar-refractivity contribution is 0.0972. The number of hydrogen-bond acceptors (Lipinski definition) is 4. The monoisotopic (exact) mass is 209 g/mol. The van der Waals surface area contributed by atoms with E-state index in [9.17, 15) is 4.79 Å². The molecule has 4 nitrogen and oxygen atoms in total. The predicted molar refractivity (Wildman–Crippen MR) is 56.7 cm³/mol. The van der Waals surface area contributed by atoms with Gasteiger partial charge in [0.05, 0.1) is 25.8 Å². The van der Waals surface area contributed by atoms with Crippen LogP contribution in [0.4, 0.5) is 0 Å². The Morgan fingerprint density at radius 3 is 2.33 bits per heavy atom. The molecule has 0 fully saturated rings. The summed E-state index contributed by atoms with van der Waals surface area (Å²) >= 11 is 0. The molecule has 0 radical (unpaired) electrons. The Labute approximate surface area is 88.6 Å². The minimum Gasteiger partial charge on any atom is -0.395 e. The van der Waals surface area contributed by atoms with Gasteiger partial charge in [-0.05, 0) is 0 Å². The molecule has 0 spiro atoms. The highest BCUT2D eigenvalue weighted by molar-refractivity contribution is 5.97. The molecule has 0 aromatic heterocycles. The number of carbonyl (C=O) groups is 1. The molecule has 3 N–H and O–H groups in total. The van der Waals surface area contributed by atoms with Crippen molar-refractivity contribution in [1.29, 1.82) is 0 Å². The lowest BCUT2D eigenvalue weighted by Crippen LogP contribution is -2.38. The molecule has 0 saturated carbocycles. The lowest BCUT2D eigenvalue weighted by Gasteiger charge is -2.12. The number of aliphatic hydroxyl groups excluding tert-OH is 2. The van der Waals surface area contributed by atoms with Gasteiger partial charge in [-0.15, -0.1) is 0 Å². The van der Waals surface area contributed by atoms with Crippen molar-refractivity contribution in [1.82, 2.24) is 5.32 Å². The molecule has 1 rings (SSSR count). The van der Waals surface area contributed by atoms with Gasteiger partial charge in [0.1, 0.15) is 0 Å². The van der Waals surface area contributed by atoms with E-state index >= 15 is 0 Å². The van der Waals surface area contributed by atoms with Crippen LogP contribution >= 0.6 is 0 Å². The first-order chi connectivity index (χ1) is 7.27. The molecule has 0 heterocycles. The summed E-state index contributed by atoms with van der Waals surface area (Å²) in [6.45, 7) is -0.243. The Morgan fingerprint density at radius 2 is 1.80 bits per heavy atom. The van der Waals surface area contributed by atoms with E-state index in [4.69, 9.17) is 10.2 Å². The topological polar surface area (TPSA) is 69.6 Å². The van der Waals surface area contributed by atoms with Crippen LogP contribution in [-0.2, 0) is 0 Å². The maximum absolute atomic E-state index is 11.6. The van der Waals surface area contributed by atoms with Crippen LogP contribution in [-0.4, -0.2) is 41.8 Å². The molecular formula is C11H15NO3. The quantitative estimate of drug-likeness (QED) is 0.568. The van der Waals surface area contributed by atoms with Crippen molar-refractivity contribution in [2.24, 2.45) is 0 Å². The normalized spacial score (nSPS) is 10.6. The van der Waals surface area contributed by atoms with Crippen molar-refractivity contribution in [3.05, 3.63) is 35.9 Å². The zero-order chi connectivity index (χ0) is 11.1. The average Bonchev–Trinajstić information content (AvgIpc) is 2.31. The first-order valence-corrected chi connectivity index (χ1v) is 4.81. The van der Waals surface area contributed by atoms with Gasteiger partial charge in [-0.3, -0.25) is 4.79 Å². The van der Waals surface area contributed by atoms with Crippen LogP contribution in [0.15, 0.2) is 30.3 Å². The van der Waals surface area contributed by atoms with E-state index in [0.29, 0.717) is 5.56 Å². The zero-order valence-electron chi connectivity index (χ0n) is 8.39. The smallest absolute Gasteiger partial charge is 0.176 e. The summed E-state index contributed by atoms with van der Waals surface area (Å²) < 4.78 is 0. The van der Waals surface area contributed by atoms with Crippen molar-refractivity contribution < 1.29 is 15.0 Å².